The Morgan fingerprint density at radius 3 is 2.68 bits per heavy atom. The van der Waals surface area contributed by atoms with Crippen molar-refractivity contribution >= 4 is 12.0 Å². The van der Waals surface area contributed by atoms with Gasteiger partial charge in [-0.25, -0.2) is 9.59 Å². The Morgan fingerprint density at radius 1 is 1.18 bits per heavy atom. The van der Waals surface area contributed by atoms with E-state index in [1.165, 1.54) is 32.1 Å². The van der Waals surface area contributed by atoms with Crippen LogP contribution in [-0.4, -0.2) is 55.6 Å². The van der Waals surface area contributed by atoms with E-state index in [2.05, 4.69) is 10.6 Å². The minimum absolute atomic E-state index is 0.231. The Labute approximate surface area is 130 Å². The van der Waals surface area contributed by atoms with E-state index >= 15 is 0 Å². The molecule has 1 aliphatic carbocycles. The first-order valence-corrected chi connectivity index (χ1v) is 8.10. The van der Waals surface area contributed by atoms with Gasteiger partial charge in [0.05, 0.1) is 18.8 Å². The highest BCUT2D eigenvalue weighted by Crippen LogP contribution is 2.22. The largest absolute Gasteiger partial charge is 0.480 e. The fraction of sp³-hybridized carbons (Fsp3) is 0.867. The lowest BCUT2D eigenvalue weighted by atomic mass is 9.89. The summed E-state index contributed by atoms with van der Waals surface area (Å²) in [5, 5.41) is 14.4. The molecule has 2 atom stereocenters. The highest BCUT2D eigenvalue weighted by Gasteiger charge is 2.28. The van der Waals surface area contributed by atoms with Crippen molar-refractivity contribution < 1.29 is 24.2 Å². The molecule has 2 fully saturated rings. The average Bonchev–Trinajstić information content (AvgIpc) is 2.53. The Kier molecular flexibility index (Phi) is 6.92. The quantitative estimate of drug-likeness (QED) is 0.683. The van der Waals surface area contributed by atoms with Crippen LogP contribution in [0.15, 0.2) is 0 Å². The number of hydrogen-bond donors (Lipinski definition) is 3. The number of hydrogen-bond acceptors (Lipinski definition) is 4. The summed E-state index contributed by atoms with van der Waals surface area (Å²) in [6.45, 7) is 1.21. The van der Waals surface area contributed by atoms with Crippen molar-refractivity contribution in [2.45, 2.75) is 50.7 Å². The second-order valence-electron chi connectivity index (χ2n) is 6.07. The summed E-state index contributed by atoms with van der Waals surface area (Å²) < 4.78 is 10.7. The lowest BCUT2D eigenvalue weighted by Gasteiger charge is -2.32. The molecule has 2 rings (SSSR count). The molecular weight excluding hydrogens is 288 g/mol. The van der Waals surface area contributed by atoms with Crippen molar-refractivity contribution in [1.29, 1.82) is 0 Å². The molecule has 7 heteroatoms. The SMILES string of the molecule is O=C(O)CO[C@H]1CCOC[C@H]1NC(=O)NCC1CCCCC1. The zero-order valence-electron chi connectivity index (χ0n) is 12.9. The summed E-state index contributed by atoms with van der Waals surface area (Å²) in [6, 6.07) is -0.538. The lowest BCUT2D eigenvalue weighted by molar-refractivity contribution is -0.147. The van der Waals surface area contributed by atoms with Crippen LogP contribution in [0.2, 0.25) is 0 Å². The topological polar surface area (TPSA) is 96.9 Å². The van der Waals surface area contributed by atoms with Crippen LogP contribution in [0.3, 0.4) is 0 Å². The predicted molar refractivity (Wildman–Crippen MR) is 79.7 cm³/mol. The Hall–Kier alpha value is -1.34. The highest BCUT2D eigenvalue weighted by atomic mass is 16.5. The number of aliphatic carboxylic acids is 1. The number of nitrogens with one attached hydrogen (secondary N) is 2. The number of carboxylic acid groups (broad SMARTS) is 1. The third-order valence-electron chi connectivity index (χ3n) is 4.31. The number of ether oxygens (including phenoxy) is 2. The summed E-state index contributed by atoms with van der Waals surface area (Å²) in [4.78, 5) is 22.6. The van der Waals surface area contributed by atoms with Crippen molar-refractivity contribution in [2.75, 3.05) is 26.4 Å². The van der Waals surface area contributed by atoms with Crippen molar-refractivity contribution in [2.24, 2.45) is 5.92 Å². The zero-order valence-corrected chi connectivity index (χ0v) is 12.9. The summed E-state index contributed by atoms with van der Waals surface area (Å²) in [5.41, 5.74) is 0. The van der Waals surface area contributed by atoms with Gasteiger partial charge in [-0.2, -0.15) is 0 Å². The molecule has 1 saturated carbocycles. The summed E-state index contributed by atoms with van der Waals surface area (Å²) in [6.07, 6.45) is 6.41. The highest BCUT2D eigenvalue weighted by molar-refractivity contribution is 5.74. The molecule has 2 amide bonds. The van der Waals surface area contributed by atoms with Gasteiger partial charge in [-0.3, -0.25) is 0 Å². The van der Waals surface area contributed by atoms with E-state index in [4.69, 9.17) is 14.6 Å². The summed E-state index contributed by atoms with van der Waals surface area (Å²) >= 11 is 0. The first-order valence-electron chi connectivity index (χ1n) is 8.10. The molecule has 1 aliphatic heterocycles. The maximum Gasteiger partial charge on any atom is 0.329 e. The van der Waals surface area contributed by atoms with Gasteiger partial charge >= 0.3 is 12.0 Å². The molecule has 0 spiro atoms. The first-order chi connectivity index (χ1) is 10.6. The number of carbonyl (C=O) groups is 2. The van der Waals surface area contributed by atoms with Gasteiger partial charge in [0.1, 0.15) is 6.61 Å². The minimum Gasteiger partial charge on any atom is -0.480 e. The van der Waals surface area contributed by atoms with Crippen LogP contribution in [0.5, 0.6) is 0 Å². The van der Waals surface area contributed by atoms with E-state index in [1.54, 1.807) is 0 Å². The number of rotatable bonds is 6. The van der Waals surface area contributed by atoms with Crippen LogP contribution in [0.4, 0.5) is 4.79 Å². The van der Waals surface area contributed by atoms with Crippen LogP contribution < -0.4 is 10.6 Å². The van der Waals surface area contributed by atoms with Gasteiger partial charge < -0.3 is 25.2 Å². The molecule has 7 nitrogen and oxygen atoms in total. The third kappa shape index (κ3) is 5.81. The molecule has 0 aromatic heterocycles. The van der Waals surface area contributed by atoms with Gasteiger partial charge in [-0.1, -0.05) is 19.3 Å². The van der Waals surface area contributed by atoms with E-state index in [0.29, 0.717) is 32.1 Å². The minimum atomic E-state index is -1.01. The average molecular weight is 314 g/mol. The smallest absolute Gasteiger partial charge is 0.329 e. The fourth-order valence-corrected chi connectivity index (χ4v) is 3.08. The summed E-state index contributed by atoms with van der Waals surface area (Å²) in [5.74, 6) is -0.437. The second kappa shape index (κ2) is 8.95. The van der Waals surface area contributed by atoms with E-state index < -0.39 is 5.97 Å². The number of amides is 2. The maximum absolute atomic E-state index is 12.0. The molecule has 0 aromatic carbocycles. The lowest BCUT2D eigenvalue weighted by Crippen LogP contribution is -2.54. The number of urea groups is 1. The van der Waals surface area contributed by atoms with Crippen LogP contribution in [-0.2, 0) is 14.3 Å². The van der Waals surface area contributed by atoms with Crippen LogP contribution in [0, 0.1) is 5.92 Å². The van der Waals surface area contributed by atoms with Gasteiger partial charge in [0.15, 0.2) is 0 Å². The zero-order chi connectivity index (χ0) is 15.8. The van der Waals surface area contributed by atoms with E-state index in [9.17, 15) is 9.59 Å². The Morgan fingerprint density at radius 2 is 1.95 bits per heavy atom. The van der Waals surface area contributed by atoms with Gasteiger partial charge in [-0.05, 0) is 25.2 Å². The van der Waals surface area contributed by atoms with Gasteiger partial charge in [0.25, 0.3) is 0 Å². The molecule has 0 unspecified atom stereocenters. The van der Waals surface area contributed by atoms with Gasteiger partial charge in [-0.15, -0.1) is 0 Å². The standard InChI is InChI=1S/C15H26N2O5/c18-14(19)10-22-13-6-7-21-9-12(13)17-15(20)16-8-11-4-2-1-3-5-11/h11-13H,1-10H2,(H,18,19)(H2,16,17,20)/t12-,13+/m1/s1. The van der Waals surface area contributed by atoms with Crippen molar-refractivity contribution in [3.8, 4) is 0 Å². The van der Waals surface area contributed by atoms with Gasteiger partial charge in [0, 0.05) is 13.2 Å². The normalized spacial score (nSPS) is 26.4. The Bertz CT molecular complexity index is 371. The van der Waals surface area contributed by atoms with E-state index in [-0.39, 0.29) is 24.8 Å². The second-order valence-corrected chi connectivity index (χ2v) is 6.07. The molecule has 2 aliphatic rings. The third-order valence-corrected chi connectivity index (χ3v) is 4.31. The molecule has 22 heavy (non-hydrogen) atoms. The molecule has 0 aromatic rings. The molecule has 3 N–H and O–H groups in total. The maximum atomic E-state index is 12.0. The van der Waals surface area contributed by atoms with E-state index in [0.717, 1.165) is 0 Å². The number of carboxylic acids is 1. The van der Waals surface area contributed by atoms with Crippen LogP contribution in [0.1, 0.15) is 38.5 Å². The molecule has 126 valence electrons. The van der Waals surface area contributed by atoms with E-state index in [1.807, 2.05) is 0 Å². The molecular formula is C15H26N2O5. The molecule has 1 saturated heterocycles. The number of carbonyl (C=O) groups excluding carboxylic acids is 1. The predicted octanol–water partition coefficient (Wildman–Crippen LogP) is 1.12. The van der Waals surface area contributed by atoms with Crippen LogP contribution in [0.25, 0.3) is 0 Å². The van der Waals surface area contributed by atoms with Crippen molar-refractivity contribution in [3.05, 3.63) is 0 Å². The van der Waals surface area contributed by atoms with Gasteiger partial charge in [0.2, 0.25) is 0 Å². The molecule has 0 bridgehead atoms. The first kappa shape index (κ1) is 17.0. The monoisotopic (exact) mass is 314 g/mol. The van der Waals surface area contributed by atoms with Crippen molar-refractivity contribution in [3.63, 3.8) is 0 Å². The Balaban J connectivity index is 1.71. The molecule has 1 heterocycles. The van der Waals surface area contributed by atoms with Crippen LogP contribution >= 0.6 is 0 Å². The molecule has 0 radical (unpaired) electrons. The summed E-state index contributed by atoms with van der Waals surface area (Å²) in [7, 11) is 0. The van der Waals surface area contributed by atoms with Crippen molar-refractivity contribution in [1.82, 2.24) is 10.6 Å². The fourth-order valence-electron chi connectivity index (χ4n) is 3.08.